The van der Waals surface area contributed by atoms with Crippen LogP contribution in [-0.4, -0.2) is 34.8 Å². The number of hydrogen-bond acceptors (Lipinski definition) is 5. The summed E-state index contributed by atoms with van der Waals surface area (Å²) in [5, 5.41) is 24.1. The number of hydroxylamine groups is 1. The molecule has 140 valence electrons. The maximum absolute atomic E-state index is 14.5. The van der Waals surface area contributed by atoms with Gasteiger partial charge in [-0.1, -0.05) is 19.9 Å². The fourth-order valence-electron chi connectivity index (χ4n) is 2.60. The molecule has 0 unspecified atom stereocenters. The van der Waals surface area contributed by atoms with E-state index < -0.39 is 5.82 Å². The second kappa shape index (κ2) is 8.62. The van der Waals surface area contributed by atoms with E-state index in [9.17, 15) is 19.5 Å². The molecule has 0 saturated heterocycles. The van der Waals surface area contributed by atoms with Gasteiger partial charge in [0.15, 0.2) is 5.75 Å². The molecular weight excluding hydrogens is 337 g/mol. The predicted octanol–water partition coefficient (Wildman–Crippen LogP) is 3.22. The summed E-state index contributed by atoms with van der Waals surface area (Å²) in [6.45, 7) is 6.27. The van der Waals surface area contributed by atoms with E-state index in [1.165, 1.54) is 12.1 Å². The molecular formula is C19H24FN3O3. The highest BCUT2D eigenvalue weighted by Gasteiger charge is 2.20. The van der Waals surface area contributed by atoms with Crippen molar-refractivity contribution in [1.29, 1.82) is 0 Å². The highest BCUT2D eigenvalue weighted by atomic mass is 19.1. The van der Waals surface area contributed by atoms with E-state index in [1.807, 2.05) is 13.8 Å². The van der Waals surface area contributed by atoms with Crippen molar-refractivity contribution in [2.24, 2.45) is 0 Å². The summed E-state index contributed by atoms with van der Waals surface area (Å²) in [7, 11) is 0. The van der Waals surface area contributed by atoms with Crippen LogP contribution < -0.4 is 10.4 Å². The quantitative estimate of drug-likeness (QED) is 0.382. The molecule has 0 aliphatic rings. The summed E-state index contributed by atoms with van der Waals surface area (Å²) < 4.78 is 14.5. The van der Waals surface area contributed by atoms with Crippen LogP contribution in [0.15, 0.2) is 24.3 Å². The number of rotatable bonds is 8. The maximum Gasteiger partial charge on any atom is 0.207 e. The summed E-state index contributed by atoms with van der Waals surface area (Å²) in [6, 6.07) is 6.23. The number of aromatic nitrogens is 1. The van der Waals surface area contributed by atoms with Crippen molar-refractivity contribution in [2.45, 2.75) is 33.1 Å². The van der Waals surface area contributed by atoms with Crippen LogP contribution in [0.4, 0.5) is 10.1 Å². The van der Waals surface area contributed by atoms with E-state index in [2.05, 4.69) is 10.3 Å². The Morgan fingerprint density at radius 2 is 2.08 bits per heavy atom. The molecule has 1 heterocycles. The van der Waals surface area contributed by atoms with E-state index in [1.54, 1.807) is 19.1 Å². The molecule has 1 amide bonds. The van der Waals surface area contributed by atoms with Gasteiger partial charge in [0.25, 0.3) is 0 Å². The number of nitrogens with one attached hydrogen (secondary N) is 1. The van der Waals surface area contributed by atoms with Crippen molar-refractivity contribution in [3.05, 3.63) is 41.3 Å². The molecule has 7 heteroatoms. The van der Waals surface area contributed by atoms with Crippen LogP contribution in [0.3, 0.4) is 0 Å². The lowest BCUT2D eigenvalue weighted by Gasteiger charge is -2.19. The number of carbonyl (C=O) groups excluding carboxylic acids is 1. The first-order valence-electron chi connectivity index (χ1n) is 8.55. The maximum atomic E-state index is 14.5. The lowest BCUT2D eigenvalue weighted by molar-refractivity contribution is -0.109. The van der Waals surface area contributed by atoms with Gasteiger partial charge in [0.05, 0.1) is 0 Å². The minimum Gasteiger partial charge on any atom is -0.504 e. The molecule has 0 bridgehead atoms. The van der Waals surface area contributed by atoms with Crippen LogP contribution in [0.1, 0.15) is 37.9 Å². The van der Waals surface area contributed by atoms with Crippen LogP contribution in [0.2, 0.25) is 0 Å². The average Bonchev–Trinajstić information content (AvgIpc) is 2.62. The molecule has 1 aromatic heterocycles. The first-order valence-corrected chi connectivity index (χ1v) is 8.55. The molecule has 0 saturated carbocycles. The number of halogens is 1. The summed E-state index contributed by atoms with van der Waals surface area (Å²) in [5.74, 6) is -0.616. The van der Waals surface area contributed by atoms with E-state index in [0.717, 1.165) is 10.6 Å². The average molecular weight is 361 g/mol. The highest BCUT2D eigenvalue weighted by molar-refractivity contribution is 5.75. The lowest BCUT2D eigenvalue weighted by Crippen LogP contribution is -2.19. The van der Waals surface area contributed by atoms with Crippen molar-refractivity contribution in [1.82, 2.24) is 10.3 Å². The van der Waals surface area contributed by atoms with Gasteiger partial charge in [-0.25, -0.2) is 9.37 Å². The Balaban J connectivity index is 2.60. The molecule has 2 rings (SSSR count). The van der Waals surface area contributed by atoms with Crippen molar-refractivity contribution in [2.75, 3.05) is 18.2 Å². The molecule has 2 aromatic rings. The molecule has 0 atom stereocenters. The van der Waals surface area contributed by atoms with Gasteiger partial charge >= 0.3 is 0 Å². The molecule has 3 N–H and O–H groups in total. The molecule has 0 aliphatic carbocycles. The van der Waals surface area contributed by atoms with E-state index >= 15 is 0 Å². The molecule has 26 heavy (non-hydrogen) atoms. The van der Waals surface area contributed by atoms with Gasteiger partial charge in [-0.2, -0.15) is 0 Å². The van der Waals surface area contributed by atoms with Gasteiger partial charge in [-0.3, -0.25) is 15.1 Å². The van der Waals surface area contributed by atoms with E-state index in [-0.39, 0.29) is 35.2 Å². The highest BCUT2D eigenvalue weighted by Crippen LogP contribution is 2.38. The minimum absolute atomic E-state index is 0.0658. The zero-order chi connectivity index (χ0) is 19.3. The SMILES string of the molecule is CCN(O)c1cc(CCNC=O)nc(-c2cc(C(C)C)ccc2F)c1O. The Morgan fingerprint density at radius 1 is 1.35 bits per heavy atom. The second-order valence-corrected chi connectivity index (χ2v) is 6.26. The number of anilines is 1. The minimum atomic E-state index is -0.507. The summed E-state index contributed by atoms with van der Waals surface area (Å²) >= 11 is 0. The van der Waals surface area contributed by atoms with Gasteiger partial charge in [0, 0.05) is 30.8 Å². The van der Waals surface area contributed by atoms with Gasteiger partial charge < -0.3 is 10.4 Å². The second-order valence-electron chi connectivity index (χ2n) is 6.26. The van der Waals surface area contributed by atoms with E-state index in [4.69, 9.17) is 0 Å². The third-order valence-electron chi connectivity index (χ3n) is 4.12. The number of nitrogens with zero attached hydrogens (tertiary/aromatic N) is 2. The molecule has 0 fully saturated rings. The van der Waals surface area contributed by atoms with Crippen LogP contribution in [0.25, 0.3) is 11.3 Å². The number of aromatic hydroxyl groups is 1. The Hall–Kier alpha value is -2.67. The van der Waals surface area contributed by atoms with Crippen LogP contribution >= 0.6 is 0 Å². The van der Waals surface area contributed by atoms with Crippen molar-refractivity contribution in [3.63, 3.8) is 0 Å². The summed E-state index contributed by atoms with van der Waals surface area (Å²) in [6.07, 6.45) is 0.959. The molecule has 0 spiro atoms. The number of pyridine rings is 1. The number of hydrogen-bond donors (Lipinski definition) is 3. The van der Waals surface area contributed by atoms with Crippen molar-refractivity contribution >= 4 is 12.1 Å². The molecule has 0 aliphatic heterocycles. The smallest absolute Gasteiger partial charge is 0.207 e. The Bertz CT molecular complexity index is 781. The Kier molecular flexibility index (Phi) is 6.52. The standard InChI is InChI=1S/C19H24FN3O3/c1-4-23(26)17-10-14(7-8-21-11-24)22-18(19(17)25)15-9-13(12(2)3)5-6-16(15)20/h5-6,9-12,25-26H,4,7-8H2,1-3H3,(H,21,24). The predicted molar refractivity (Wildman–Crippen MR) is 98.0 cm³/mol. The fraction of sp³-hybridized carbons (Fsp3) is 0.368. The zero-order valence-electron chi connectivity index (χ0n) is 15.2. The molecule has 6 nitrogen and oxygen atoms in total. The van der Waals surface area contributed by atoms with Gasteiger partial charge in [-0.15, -0.1) is 0 Å². The van der Waals surface area contributed by atoms with Crippen LogP contribution in [-0.2, 0) is 11.2 Å². The fourth-order valence-corrected chi connectivity index (χ4v) is 2.60. The molecule has 0 radical (unpaired) electrons. The van der Waals surface area contributed by atoms with E-state index in [0.29, 0.717) is 25.1 Å². The third-order valence-corrected chi connectivity index (χ3v) is 4.12. The monoisotopic (exact) mass is 361 g/mol. The molecule has 1 aromatic carbocycles. The van der Waals surface area contributed by atoms with Gasteiger partial charge in [0.1, 0.15) is 17.2 Å². The van der Waals surface area contributed by atoms with Gasteiger partial charge in [0.2, 0.25) is 6.41 Å². The largest absolute Gasteiger partial charge is 0.504 e. The lowest BCUT2D eigenvalue weighted by atomic mass is 9.98. The van der Waals surface area contributed by atoms with Crippen molar-refractivity contribution < 1.29 is 19.5 Å². The normalized spacial score (nSPS) is 10.8. The third kappa shape index (κ3) is 4.29. The Labute approximate surface area is 152 Å². The number of amides is 1. The number of benzene rings is 1. The Morgan fingerprint density at radius 3 is 2.69 bits per heavy atom. The van der Waals surface area contributed by atoms with Gasteiger partial charge in [-0.05, 0) is 36.6 Å². The number of carbonyl (C=O) groups is 1. The topological polar surface area (TPSA) is 85.7 Å². The van der Waals surface area contributed by atoms with Crippen LogP contribution in [0, 0.1) is 5.82 Å². The summed E-state index contributed by atoms with van der Waals surface area (Å²) in [4.78, 5) is 14.8. The van der Waals surface area contributed by atoms with Crippen LogP contribution in [0.5, 0.6) is 5.75 Å². The first-order chi connectivity index (χ1) is 12.4. The summed E-state index contributed by atoms with van der Waals surface area (Å²) in [5.41, 5.74) is 1.81. The zero-order valence-corrected chi connectivity index (χ0v) is 15.2. The van der Waals surface area contributed by atoms with Crippen molar-refractivity contribution in [3.8, 4) is 17.0 Å². The first kappa shape index (κ1) is 19.7.